The zero-order chi connectivity index (χ0) is 10.7. The van der Waals surface area contributed by atoms with Crippen LogP contribution in [0.25, 0.3) is 0 Å². The predicted molar refractivity (Wildman–Crippen MR) is 59.1 cm³/mol. The first-order valence-electron chi connectivity index (χ1n) is 6.00. The number of allylic oxidation sites excluding steroid dienone is 1. The van der Waals surface area contributed by atoms with Crippen LogP contribution in [0, 0.1) is 17.3 Å². The highest BCUT2D eigenvalue weighted by molar-refractivity contribution is 5.38. The summed E-state index contributed by atoms with van der Waals surface area (Å²) in [6, 6.07) is 0. The van der Waals surface area contributed by atoms with Gasteiger partial charge in [-0.2, -0.15) is 0 Å². The number of rotatable bonds is 3. The second kappa shape index (κ2) is 4.38. The third-order valence-corrected chi connectivity index (χ3v) is 4.21. The molecule has 0 aromatic carbocycles. The molecule has 0 aromatic rings. The van der Waals surface area contributed by atoms with Gasteiger partial charge in [-0.15, -0.1) is 0 Å². The lowest BCUT2D eigenvalue weighted by Crippen LogP contribution is -2.39. The summed E-state index contributed by atoms with van der Waals surface area (Å²) in [5.74, 6) is 1.59. The first-order chi connectivity index (χ1) is 7.24. The van der Waals surface area contributed by atoms with E-state index in [1.165, 1.54) is 44.8 Å². The molecule has 0 bridgehead atoms. The van der Waals surface area contributed by atoms with Crippen LogP contribution in [0.5, 0.6) is 0 Å². The highest BCUT2D eigenvalue weighted by Crippen LogP contribution is 2.55. The van der Waals surface area contributed by atoms with E-state index in [1.807, 2.05) is 6.08 Å². The van der Waals surface area contributed by atoms with Gasteiger partial charge in [0.1, 0.15) is 0 Å². The van der Waals surface area contributed by atoms with E-state index in [2.05, 4.69) is 11.7 Å². The minimum atomic E-state index is 0.479. The van der Waals surface area contributed by atoms with Crippen LogP contribution >= 0.6 is 0 Å². The van der Waals surface area contributed by atoms with Crippen LogP contribution < -0.4 is 0 Å². The van der Waals surface area contributed by atoms with Gasteiger partial charge in [0.25, 0.3) is 6.47 Å². The molecule has 0 radical (unpaired) electrons. The number of ether oxygens (including phenoxy) is 1. The molecule has 2 aliphatic rings. The number of hydrogen-bond acceptors (Lipinski definition) is 2. The predicted octanol–water partition coefficient (Wildman–Crippen LogP) is 3.28. The Morgan fingerprint density at radius 3 is 2.53 bits per heavy atom. The zero-order valence-corrected chi connectivity index (χ0v) is 9.45. The molecule has 2 rings (SSSR count). The lowest BCUT2D eigenvalue weighted by Gasteiger charge is -2.50. The third kappa shape index (κ3) is 2.42. The van der Waals surface area contributed by atoms with Crippen molar-refractivity contribution in [2.45, 2.75) is 45.4 Å². The van der Waals surface area contributed by atoms with Crippen molar-refractivity contribution < 1.29 is 9.53 Å². The molecule has 0 unspecified atom stereocenters. The van der Waals surface area contributed by atoms with Gasteiger partial charge in [0.15, 0.2) is 0 Å². The summed E-state index contributed by atoms with van der Waals surface area (Å²) in [7, 11) is 0. The molecule has 2 heteroatoms. The number of carbonyl (C=O) groups excluding carboxylic acids is 1. The molecule has 15 heavy (non-hydrogen) atoms. The van der Waals surface area contributed by atoms with Gasteiger partial charge in [-0.3, -0.25) is 4.79 Å². The molecule has 2 aliphatic carbocycles. The third-order valence-electron chi connectivity index (χ3n) is 4.21. The average molecular weight is 208 g/mol. The smallest absolute Gasteiger partial charge is 0.297 e. The highest BCUT2D eigenvalue weighted by Gasteiger charge is 2.44. The molecule has 0 saturated heterocycles. The maximum absolute atomic E-state index is 9.95. The van der Waals surface area contributed by atoms with Gasteiger partial charge in [-0.1, -0.05) is 19.8 Å². The van der Waals surface area contributed by atoms with Crippen LogP contribution in [-0.4, -0.2) is 6.47 Å². The highest BCUT2D eigenvalue weighted by atomic mass is 16.5. The Bertz CT molecular complexity index is 241. The zero-order valence-electron chi connectivity index (χ0n) is 9.45. The first-order valence-corrected chi connectivity index (χ1v) is 6.00. The van der Waals surface area contributed by atoms with Crippen LogP contribution in [0.15, 0.2) is 12.3 Å². The van der Waals surface area contributed by atoms with E-state index in [-0.39, 0.29) is 0 Å². The summed E-state index contributed by atoms with van der Waals surface area (Å²) in [5, 5.41) is 0. The topological polar surface area (TPSA) is 26.3 Å². The molecular formula is C13H20O2. The van der Waals surface area contributed by atoms with Crippen LogP contribution in [0.4, 0.5) is 0 Å². The number of carbonyl (C=O) groups is 1. The summed E-state index contributed by atoms with van der Waals surface area (Å²) in [6.07, 6.45) is 11.8. The largest absolute Gasteiger partial charge is 0.437 e. The van der Waals surface area contributed by atoms with Gasteiger partial charge in [-0.25, -0.2) is 0 Å². The van der Waals surface area contributed by atoms with Gasteiger partial charge in [0.05, 0.1) is 6.26 Å². The van der Waals surface area contributed by atoms with E-state index in [4.69, 9.17) is 0 Å². The Kier molecular flexibility index (Phi) is 3.13. The van der Waals surface area contributed by atoms with E-state index < -0.39 is 0 Å². The van der Waals surface area contributed by atoms with Crippen molar-refractivity contribution in [2.75, 3.05) is 0 Å². The van der Waals surface area contributed by atoms with Crippen LogP contribution in [0.2, 0.25) is 0 Å². The van der Waals surface area contributed by atoms with Crippen LogP contribution in [-0.2, 0) is 9.53 Å². The van der Waals surface area contributed by atoms with Gasteiger partial charge in [0.2, 0.25) is 0 Å². The Morgan fingerprint density at radius 1 is 1.27 bits per heavy atom. The SMILES string of the molecule is CC1CCC2(CC1)CC(/C=C/OC=O)C2. The minimum Gasteiger partial charge on any atom is -0.437 e. The maximum Gasteiger partial charge on any atom is 0.297 e. The second-order valence-electron chi connectivity index (χ2n) is 5.41. The Morgan fingerprint density at radius 2 is 1.93 bits per heavy atom. The molecule has 0 atom stereocenters. The molecule has 2 fully saturated rings. The monoisotopic (exact) mass is 208 g/mol. The molecular weight excluding hydrogens is 188 g/mol. The van der Waals surface area contributed by atoms with E-state index in [9.17, 15) is 4.79 Å². The second-order valence-corrected chi connectivity index (χ2v) is 5.41. The summed E-state index contributed by atoms with van der Waals surface area (Å²) < 4.78 is 4.57. The van der Waals surface area contributed by atoms with Crippen molar-refractivity contribution in [3.8, 4) is 0 Å². The van der Waals surface area contributed by atoms with Crippen molar-refractivity contribution in [1.29, 1.82) is 0 Å². The van der Waals surface area contributed by atoms with Crippen LogP contribution in [0.1, 0.15) is 45.4 Å². The van der Waals surface area contributed by atoms with E-state index >= 15 is 0 Å². The van der Waals surface area contributed by atoms with Gasteiger partial charge < -0.3 is 4.74 Å². The van der Waals surface area contributed by atoms with Crippen molar-refractivity contribution in [3.05, 3.63) is 12.3 Å². The van der Waals surface area contributed by atoms with Crippen molar-refractivity contribution in [2.24, 2.45) is 17.3 Å². The Hall–Kier alpha value is -0.790. The Balaban J connectivity index is 1.74. The maximum atomic E-state index is 9.95. The lowest BCUT2D eigenvalue weighted by molar-refractivity contribution is -0.123. The Labute approximate surface area is 91.7 Å². The molecule has 1 spiro atoms. The normalized spacial score (nSPS) is 40.3. The lowest BCUT2D eigenvalue weighted by atomic mass is 9.55. The van der Waals surface area contributed by atoms with E-state index in [1.54, 1.807) is 0 Å². The molecule has 0 heterocycles. The number of hydrogen-bond donors (Lipinski definition) is 0. The molecule has 0 aliphatic heterocycles. The summed E-state index contributed by atoms with van der Waals surface area (Å²) >= 11 is 0. The summed E-state index contributed by atoms with van der Waals surface area (Å²) in [5.41, 5.74) is 0.655. The minimum absolute atomic E-state index is 0.479. The van der Waals surface area contributed by atoms with Gasteiger partial charge >= 0.3 is 0 Å². The fraction of sp³-hybridized carbons (Fsp3) is 0.769. The molecule has 0 N–H and O–H groups in total. The standard InChI is InChI=1S/C13H20O2/c1-11-2-5-13(6-3-11)8-12(9-13)4-7-15-10-14/h4,7,10-12H,2-3,5-6,8-9H2,1H3/b7-4+. The van der Waals surface area contributed by atoms with Crippen molar-refractivity contribution >= 4 is 6.47 Å². The fourth-order valence-electron chi connectivity index (χ4n) is 3.16. The van der Waals surface area contributed by atoms with E-state index in [0.29, 0.717) is 17.8 Å². The van der Waals surface area contributed by atoms with Crippen LogP contribution in [0.3, 0.4) is 0 Å². The molecule has 2 nitrogen and oxygen atoms in total. The first kappa shape index (κ1) is 10.7. The molecule has 84 valence electrons. The van der Waals surface area contributed by atoms with E-state index in [0.717, 1.165) is 5.92 Å². The molecule has 2 saturated carbocycles. The van der Waals surface area contributed by atoms with Crippen molar-refractivity contribution in [1.82, 2.24) is 0 Å². The fourth-order valence-corrected chi connectivity index (χ4v) is 3.16. The molecule has 0 amide bonds. The van der Waals surface area contributed by atoms with Crippen molar-refractivity contribution in [3.63, 3.8) is 0 Å². The van der Waals surface area contributed by atoms with Gasteiger partial charge in [-0.05, 0) is 49.0 Å². The summed E-state index contributed by atoms with van der Waals surface area (Å²) in [4.78, 5) is 9.95. The van der Waals surface area contributed by atoms with Gasteiger partial charge in [0, 0.05) is 0 Å². The quantitative estimate of drug-likeness (QED) is 0.525. The average Bonchev–Trinajstić information content (AvgIpc) is 2.19. The molecule has 0 aromatic heterocycles. The summed E-state index contributed by atoms with van der Waals surface area (Å²) in [6.45, 7) is 2.84.